The Morgan fingerprint density at radius 3 is 2.93 bits per heavy atom. The largest absolute Gasteiger partial charge is 0.369 e. The van der Waals surface area contributed by atoms with Crippen LogP contribution in [0.1, 0.15) is 12.5 Å². The van der Waals surface area contributed by atoms with Gasteiger partial charge < -0.3 is 5.32 Å². The lowest BCUT2D eigenvalue weighted by Crippen LogP contribution is -2.33. The highest BCUT2D eigenvalue weighted by molar-refractivity contribution is 6.30. The number of fused-ring (bicyclic) bond motifs is 1. The number of hydrogen-bond acceptors (Lipinski definition) is 3. The molecule has 0 saturated carbocycles. The van der Waals surface area contributed by atoms with Crippen LogP contribution in [0.3, 0.4) is 0 Å². The minimum atomic E-state index is -2.49. The van der Waals surface area contributed by atoms with Crippen molar-refractivity contribution >= 4 is 17.4 Å². The molecule has 1 unspecified atom stereocenters. The van der Waals surface area contributed by atoms with E-state index in [1.54, 1.807) is 0 Å². The van der Waals surface area contributed by atoms with Crippen LogP contribution in [0.5, 0.6) is 0 Å². The minimum absolute atomic E-state index is 0.0998. The first-order valence-electron chi connectivity index (χ1n) is 4.08. The van der Waals surface area contributed by atoms with E-state index in [4.69, 9.17) is 11.6 Å². The van der Waals surface area contributed by atoms with Crippen LogP contribution < -0.4 is 5.32 Å². The Balaban J connectivity index is 2.58. The Bertz CT molecular complexity index is 372. The zero-order chi connectivity index (χ0) is 10.3. The summed E-state index contributed by atoms with van der Waals surface area (Å²) in [7, 11) is 0. The molecular formula is C8H8ClF2N3. The molecule has 1 aliphatic heterocycles. The third kappa shape index (κ3) is 1.15. The fourth-order valence-corrected chi connectivity index (χ4v) is 1.90. The maximum absolute atomic E-state index is 12.8. The van der Waals surface area contributed by atoms with Crippen molar-refractivity contribution in [1.29, 1.82) is 0 Å². The van der Waals surface area contributed by atoms with Crippen LogP contribution >= 0.6 is 11.6 Å². The zero-order valence-corrected chi connectivity index (χ0v) is 8.15. The molecule has 0 fully saturated rings. The summed E-state index contributed by atoms with van der Waals surface area (Å²) in [5.74, 6) is 0.410. The number of aromatic nitrogens is 2. The van der Waals surface area contributed by atoms with E-state index >= 15 is 0 Å². The Kier molecular flexibility index (Phi) is 2.06. The summed E-state index contributed by atoms with van der Waals surface area (Å²) in [4.78, 5) is 7.57. The summed E-state index contributed by atoms with van der Waals surface area (Å²) in [5, 5.41) is 2.90. The molecule has 1 atom stereocenters. The normalized spacial score (nSPS) is 24.9. The van der Waals surface area contributed by atoms with Gasteiger partial charge in [0.25, 0.3) is 0 Å². The van der Waals surface area contributed by atoms with E-state index in [2.05, 4.69) is 15.3 Å². The van der Waals surface area contributed by atoms with Crippen LogP contribution in [0.4, 0.5) is 14.6 Å². The van der Waals surface area contributed by atoms with E-state index in [0.717, 1.165) is 0 Å². The lowest BCUT2D eigenvalue weighted by Gasteiger charge is -2.22. The summed E-state index contributed by atoms with van der Waals surface area (Å²) in [5.41, 5.74) is -0.968. The van der Waals surface area contributed by atoms with Crippen molar-refractivity contribution in [2.24, 2.45) is 0 Å². The first-order valence-corrected chi connectivity index (χ1v) is 4.46. The molecule has 76 valence electrons. The predicted octanol–water partition coefficient (Wildman–Crippen LogP) is 2.08. The molecule has 0 saturated heterocycles. The number of hydrogen-bond donors (Lipinski definition) is 1. The standard InChI is InChI=1S/C8H8ClF2N3/c1-8(7(10)11)2-12-6-4(8)5(9)13-3-14-6/h3,7H,2H2,1H3,(H,12,13,14). The molecular weight excluding hydrogens is 212 g/mol. The lowest BCUT2D eigenvalue weighted by atomic mass is 9.87. The van der Waals surface area contributed by atoms with Gasteiger partial charge in [0.1, 0.15) is 17.3 Å². The van der Waals surface area contributed by atoms with Gasteiger partial charge in [-0.3, -0.25) is 0 Å². The first kappa shape index (κ1) is 9.58. The second-order valence-corrected chi connectivity index (χ2v) is 3.82. The minimum Gasteiger partial charge on any atom is -0.369 e. The number of nitrogens with one attached hydrogen (secondary N) is 1. The van der Waals surface area contributed by atoms with Crippen LogP contribution in [-0.4, -0.2) is 22.9 Å². The van der Waals surface area contributed by atoms with Gasteiger partial charge in [-0.2, -0.15) is 0 Å². The van der Waals surface area contributed by atoms with Crippen LogP contribution in [0.25, 0.3) is 0 Å². The van der Waals surface area contributed by atoms with Crippen molar-refractivity contribution in [1.82, 2.24) is 9.97 Å². The number of nitrogens with zero attached hydrogens (tertiary/aromatic N) is 2. The van der Waals surface area contributed by atoms with Crippen LogP contribution in [0.2, 0.25) is 5.15 Å². The zero-order valence-electron chi connectivity index (χ0n) is 7.39. The van der Waals surface area contributed by atoms with Crippen molar-refractivity contribution < 1.29 is 8.78 Å². The molecule has 0 bridgehead atoms. The van der Waals surface area contributed by atoms with Gasteiger partial charge in [-0.1, -0.05) is 11.6 Å². The smallest absolute Gasteiger partial charge is 0.249 e. The topological polar surface area (TPSA) is 37.8 Å². The molecule has 0 amide bonds. The molecule has 0 spiro atoms. The summed E-state index contributed by atoms with van der Waals surface area (Å²) in [6.07, 6.45) is -1.23. The quantitative estimate of drug-likeness (QED) is 0.735. The van der Waals surface area contributed by atoms with E-state index in [1.807, 2.05) is 0 Å². The highest BCUT2D eigenvalue weighted by Gasteiger charge is 2.45. The van der Waals surface area contributed by atoms with E-state index in [0.29, 0.717) is 11.4 Å². The number of rotatable bonds is 1. The van der Waals surface area contributed by atoms with Crippen LogP contribution in [0.15, 0.2) is 6.33 Å². The molecule has 6 heteroatoms. The van der Waals surface area contributed by atoms with E-state index in [-0.39, 0.29) is 11.7 Å². The molecule has 1 aromatic heterocycles. The van der Waals surface area contributed by atoms with Gasteiger partial charge in [0.2, 0.25) is 6.43 Å². The second kappa shape index (κ2) is 3.02. The molecule has 1 aliphatic rings. The van der Waals surface area contributed by atoms with Crippen molar-refractivity contribution in [3.63, 3.8) is 0 Å². The molecule has 3 nitrogen and oxygen atoms in total. The fourth-order valence-electron chi connectivity index (χ4n) is 1.55. The van der Waals surface area contributed by atoms with Crippen molar-refractivity contribution in [3.8, 4) is 0 Å². The van der Waals surface area contributed by atoms with E-state index in [9.17, 15) is 8.78 Å². The summed E-state index contributed by atoms with van der Waals surface area (Å²) in [6, 6.07) is 0. The van der Waals surface area contributed by atoms with Crippen molar-refractivity contribution in [3.05, 3.63) is 17.0 Å². The molecule has 2 rings (SSSR count). The van der Waals surface area contributed by atoms with Crippen molar-refractivity contribution in [2.75, 3.05) is 11.9 Å². The van der Waals surface area contributed by atoms with Crippen LogP contribution in [0, 0.1) is 0 Å². The maximum Gasteiger partial charge on any atom is 0.249 e. The van der Waals surface area contributed by atoms with Gasteiger partial charge in [0, 0.05) is 12.1 Å². The Morgan fingerprint density at radius 2 is 2.29 bits per heavy atom. The third-order valence-electron chi connectivity index (χ3n) is 2.48. The molecule has 0 radical (unpaired) electrons. The molecule has 1 N–H and O–H groups in total. The average Bonchev–Trinajstić information content (AvgIpc) is 2.47. The summed E-state index contributed by atoms with van der Waals surface area (Å²) >= 11 is 5.77. The van der Waals surface area contributed by atoms with Gasteiger partial charge >= 0.3 is 0 Å². The molecule has 14 heavy (non-hydrogen) atoms. The maximum atomic E-state index is 12.8. The van der Waals surface area contributed by atoms with Crippen molar-refractivity contribution in [2.45, 2.75) is 18.8 Å². The molecule has 0 aromatic carbocycles. The van der Waals surface area contributed by atoms with Crippen LogP contribution in [-0.2, 0) is 5.41 Å². The number of halogens is 3. The predicted molar refractivity (Wildman–Crippen MR) is 48.9 cm³/mol. The highest BCUT2D eigenvalue weighted by atomic mass is 35.5. The summed E-state index contributed by atoms with van der Waals surface area (Å²) in [6.45, 7) is 1.59. The number of anilines is 1. The lowest BCUT2D eigenvalue weighted by molar-refractivity contribution is 0.0697. The van der Waals surface area contributed by atoms with Gasteiger partial charge in [0.05, 0.1) is 5.41 Å². The monoisotopic (exact) mass is 219 g/mol. The Hall–Kier alpha value is -0.970. The first-order chi connectivity index (χ1) is 6.55. The molecule has 0 aliphatic carbocycles. The fraction of sp³-hybridized carbons (Fsp3) is 0.500. The third-order valence-corrected chi connectivity index (χ3v) is 2.76. The Morgan fingerprint density at radius 1 is 1.57 bits per heavy atom. The SMILES string of the molecule is CC1(C(F)F)CNc2ncnc(Cl)c21. The average molecular weight is 220 g/mol. The Labute approximate surface area is 84.5 Å². The van der Waals surface area contributed by atoms with Gasteiger partial charge in [-0.25, -0.2) is 18.7 Å². The van der Waals surface area contributed by atoms with E-state index in [1.165, 1.54) is 13.3 Å². The number of alkyl halides is 2. The molecule has 2 heterocycles. The van der Waals surface area contributed by atoms with Gasteiger partial charge in [-0.05, 0) is 6.92 Å². The highest BCUT2D eigenvalue weighted by Crippen LogP contribution is 2.42. The molecule has 1 aromatic rings. The van der Waals surface area contributed by atoms with Gasteiger partial charge in [0.15, 0.2) is 0 Å². The van der Waals surface area contributed by atoms with Gasteiger partial charge in [-0.15, -0.1) is 0 Å². The second-order valence-electron chi connectivity index (χ2n) is 3.46. The summed E-state index contributed by atoms with van der Waals surface area (Å²) < 4.78 is 25.7. The van der Waals surface area contributed by atoms with E-state index < -0.39 is 11.8 Å².